The molecule has 0 radical (unpaired) electrons. The van der Waals surface area contributed by atoms with E-state index in [1.165, 1.54) is 14.2 Å². The first kappa shape index (κ1) is 17.9. The summed E-state index contributed by atoms with van der Waals surface area (Å²) in [5, 5.41) is 0.379. The maximum atomic E-state index is 12.8. The van der Waals surface area contributed by atoms with E-state index in [1.807, 2.05) is 11.9 Å². The zero-order valence-corrected chi connectivity index (χ0v) is 15.0. The van der Waals surface area contributed by atoms with Crippen molar-refractivity contribution >= 4 is 17.5 Å². The number of benzene rings is 1. The molecule has 1 saturated heterocycles. The maximum Gasteiger partial charge on any atom is 0.254 e. The molecule has 0 aromatic heterocycles. The van der Waals surface area contributed by atoms with Crippen LogP contribution in [0.25, 0.3) is 0 Å². The van der Waals surface area contributed by atoms with E-state index in [4.69, 9.17) is 21.1 Å². The molecule has 6 heteroatoms. The monoisotopic (exact) mass is 340 g/mol. The summed E-state index contributed by atoms with van der Waals surface area (Å²) in [5.74, 6) is 0.880. The van der Waals surface area contributed by atoms with Crippen molar-refractivity contribution < 1.29 is 14.3 Å². The number of hydrogen-bond donors (Lipinski definition) is 0. The molecule has 0 N–H and O–H groups in total. The summed E-state index contributed by atoms with van der Waals surface area (Å²) in [6.45, 7) is 5.30. The summed E-state index contributed by atoms with van der Waals surface area (Å²) in [6, 6.07) is 3.59. The molecule has 1 fully saturated rings. The minimum atomic E-state index is -0.0391. The molecule has 23 heavy (non-hydrogen) atoms. The summed E-state index contributed by atoms with van der Waals surface area (Å²) < 4.78 is 10.5. The van der Waals surface area contributed by atoms with Crippen LogP contribution < -0.4 is 9.47 Å². The van der Waals surface area contributed by atoms with Crippen LogP contribution in [0.15, 0.2) is 12.1 Å². The average molecular weight is 341 g/mol. The van der Waals surface area contributed by atoms with Gasteiger partial charge in [-0.2, -0.15) is 0 Å². The van der Waals surface area contributed by atoms with E-state index in [0.717, 1.165) is 32.5 Å². The predicted molar refractivity (Wildman–Crippen MR) is 91.8 cm³/mol. The molecule has 1 aliphatic heterocycles. The van der Waals surface area contributed by atoms with Crippen molar-refractivity contribution in [1.29, 1.82) is 0 Å². The van der Waals surface area contributed by atoms with Gasteiger partial charge in [0.1, 0.15) is 0 Å². The lowest BCUT2D eigenvalue weighted by atomic mass is 10.0. The van der Waals surface area contributed by atoms with Gasteiger partial charge in [-0.1, -0.05) is 18.5 Å². The maximum absolute atomic E-state index is 12.8. The second-order valence-corrected chi connectivity index (χ2v) is 6.18. The minimum absolute atomic E-state index is 0.0391. The van der Waals surface area contributed by atoms with E-state index >= 15 is 0 Å². The Kier molecular flexibility index (Phi) is 6.13. The molecule has 0 spiro atoms. The molecule has 128 valence electrons. The normalized spacial score (nSPS) is 16.2. The Morgan fingerprint density at radius 3 is 2.48 bits per heavy atom. The van der Waals surface area contributed by atoms with Crippen LogP contribution in [0.5, 0.6) is 11.5 Å². The number of carbonyl (C=O) groups excluding carboxylic acids is 1. The van der Waals surface area contributed by atoms with Crippen LogP contribution in [0.1, 0.15) is 30.1 Å². The number of amides is 1. The first-order chi connectivity index (χ1) is 11.0. The molecular formula is C17H25ClN2O3. The number of ether oxygens (including phenoxy) is 2. The van der Waals surface area contributed by atoms with Gasteiger partial charge in [-0.3, -0.25) is 4.79 Å². The molecule has 0 bridgehead atoms. The highest BCUT2D eigenvalue weighted by Gasteiger charge is 2.26. The van der Waals surface area contributed by atoms with Crippen LogP contribution in [-0.4, -0.2) is 62.7 Å². The van der Waals surface area contributed by atoms with E-state index in [2.05, 4.69) is 11.8 Å². The Hall–Kier alpha value is -1.46. The van der Waals surface area contributed by atoms with Crippen LogP contribution in [0.3, 0.4) is 0 Å². The molecule has 5 nitrogen and oxygen atoms in total. The molecule has 1 aliphatic rings. The van der Waals surface area contributed by atoms with Gasteiger partial charge in [0.2, 0.25) is 0 Å². The average Bonchev–Trinajstić information content (AvgIpc) is 2.59. The molecule has 1 amide bonds. The summed E-state index contributed by atoms with van der Waals surface area (Å²) >= 11 is 6.20. The second kappa shape index (κ2) is 7.88. The third kappa shape index (κ3) is 3.90. The lowest BCUT2D eigenvalue weighted by molar-refractivity contribution is 0.0646. The van der Waals surface area contributed by atoms with Gasteiger partial charge < -0.3 is 19.3 Å². The number of hydrogen-bond acceptors (Lipinski definition) is 4. The molecule has 0 saturated carbocycles. The predicted octanol–water partition coefficient (Wildman–Crippen LogP) is 2.91. The third-order valence-corrected chi connectivity index (χ3v) is 4.83. The van der Waals surface area contributed by atoms with Crippen molar-refractivity contribution in [3.63, 3.8) is 0 Å². The first-order valence-corrected chi connectivity index (χ1v) is 8.30. The van der Waals surface area contributed by atoms with Gasteiger partial charge in [-0.15, -0.1) is 0 Å². The number of halogens is 1. The highest BCUT2D eigenvalue weighted by molar-refractivity contribution is 6.32. The zero-order chi connectivity index (χ0) is 17.0. The molecular weight excluding hydrogens is 316 g/mol. The smallest absolute Gasteiger partial charge is 0.254 e. The molecule has 0 unspecified atom stereocenters. The quantitative estimate of drug-likeness (QED) is 0.826. The van der Waals surface area contributed by atoms with Gasteiger partial charge in [0.05, 0.1) is 19.2 Å². The van der Waals surface area contributed by atoms with E-state index in [1.54, 1.807) is 12.1 Å². The SMILES string of the molecule is CCN1CCC(N(C)C(=O)c2cc(Cl)c(OC)c(OC)c2)CC1. The van der Waals surface area contributed by atoms with Crippen LogP contribution in [0, 0.1) is 0 Å². The van der Waals surface area contributed by atoms with Crippen molar-refractivity contribution in [2.75, 3.05) is 40.9 Å². The fourth-order valence-corrected chi connectivity index (χ4v) is 3.32. The molecule has 2 rings (SSSR count). The van der Waals surface area contributed by atoms with Crippen LogP contribution in [-0.2, 0) is 0 Å². The molecule has 0 atom stereocenters. The lowest BCUT2D eigenvalue weighted by Crippen LogP contribution is -2.45. The Morgan fingerprint density at radius 1 is 1.30 bits per heavy atom. The van der Waals surface area contributed by atoms with E-state index < -0.39 is 0 Å². The van der Waals surface area contributed by atoms with Crippen molar-refractivity contribution in [3.05, 3.63) is 22.7 Å². The van der Waals surface area contributed by atoms with Gasteiger partial charge in [-0.25, -0.2) is 0 Å². The van der Waals surface area contributed by atoms with Crippen molar-refractivity contribution in [1.82, 2.24) is 9.80 Å². The van der Waals surface area contributed by atoms with Gasteiger partial charge in [-0.05, 0) is 31.5 Å². The van der Waals surface area contributed by atoms with Crippen molar-refractivity contribution in [2.24, 2.45) is 0 Å². The Morgan fingerprint density at radius 2 is 1.96 bits per heavy atom. The highest BCUT2D eigenvalue weighted by atomic mass is 35.5. The van der Waals surface area contributed by atoms with Crippen LogP contribution in [0.2, 0.25) is 5.02 Å². The van der Waals surface area contributed by atoms with Crippen LogP contribution >= 0.6 is 11.6 Å². The lowest BCUT2D eigenvalue weighted by Gasteiger charge is -2.36. The number of piperidine rings is 1. The van der Waals surface area contributed by atoms with Gasteiger partial charge in [0, 0.05) is 31.7 Å². The second-order valence-electron chi connectivity index (χ2n) is 5.78. The zero-order valence-electron chi connectivity index (χ0n) is 14.3. The number of likely N-dealkylation sites (tertiary alicyclic amines) is 1. The van der Waals surface area contributed by atoms with Crippen LogP contribution in [0.4, 0.5) is 0 Å². The summed E-state index contributed by atoms with van der Waals surface area (Å²) in [6.07, 6.45) is 1.99. The summed E-state index contributed by atoms with van der Waals surface area (Å²) in [7, 11) is 4.92. The number of nitrogens with zero attached hydrogens (tertiary/aromatic N) is 2. The topological polar surface area (TPSA) is 42.0 Å². The minimum Gasteiger partial charge on any atom is -0.493 e. The van der Waals surface area contributed by atoms with E-state index in [-0.39, 0.29) is 11.9 Å². The molecule has 1 heterocycles. The molecule has 1 aromatic rings. The molecule has 1 aromatic carbocycles. The van der Waals surface area contributed by atoms with Crippen molar-refractivity contribution in [3.8, 4) is 11.5 Å². The fraction of sp³-hybridized carbons (Fsp3) is 0.588. The number of carbonyl (C=O) groups is 1. The van der Waals surface area contributed by atoms with Gasteiger partial charge in [0.25, 0.3) is 5.91 Å². The first-order valence-electron chi connectivity index (χ1n) is 7.92. The van der Waals surface area contributed by atoms with Crippen molar-refractivity contribution in [2.45, 2.75) is 25.8 Å². The number of rotatable bonds is 5. The third-order valence-electron chi connectivity index (χ3n) is 4.55. The summed E-state index contributed by atoms with van der Waals surface area (Å²) in [5.41, 5.74) is 0.521. The highest BCUT2D eigenvalue weighted by Crippen LogP contribution is 2.36. The summed E-state index contributed by atoms with van der Waals surface area (Å²) in [4.78, 5) is 17.0. The Labute approximate surface area is 143 Å². The number of methoxy groups -OCH3 is 2. The Balaban J connectivity index is 2.15. The standard InChI is InChI=1S/C17H25ClN2O3/c1-5-20-8-6-13(7-9-20)19(2)17(21)12-10-14(18)16(23-4)15(11-12)22-3/h10-11,13H,5-9H2,1-4H3. The fourth-order valence-electron chi connectivity index (χ4n) is 3.03. The Bertz CT molecular complexity index is 557. The van der Waals surface area contributed by atoms with E-state index in [0.29, 0.717) is 22.1 Å². The van der Waals surface area contributed by atoms with E-state index in [9.17, 15) is 4.79 Å². The van der Waals surface area contributed by atoms with Gasteiger partial charge in [0.15, 0.2) is 11.5 Å². The largest absolute Gasteiger partial charge is 0.493 e. The van der Waals surface area contributed by atoms with Gasteiger partial charge >= 0.3 is 0 Å². The molecule has 0 aliphatic carbocycles.